The quantitative estimate of drug-likeness (QED) is 0.300. The summed E-state index contributed by atoms with van der Waals surface area (Å²) in [6, 6.07) is 11.5. The van der Waals surface area contributed by atoms with Gasteiger partial charge in [0.15, 0.2) is 0 Å². The zero-order valence-corrected chi connectivity index (χ0v) is 19.3. The third-order valence-electron chi connectivity index (χ3n) is 4.68. The Hall–Kier alpha value is -3.56. The number of hydrogen-bond acceptors (Lipinski definition) is 7. The van der Waals surface area contributed by atoms with Gasteiger partial charge in [-0.1, -0.05) is 23.4 Å². The molecule has 0 radical (unpaired) electrons. The molecule has 4 rings (SSSR count). The summed E-state index contributed by atoms with van der Waals surface area (Å²) in [7, 11) is 0. The zero-order chi connectivity index (χ0) is 23.6. The lowest BCUT2D eigenvalue weighted by molar-refractivity contribution is -0.105. The number of amides is 1. The summed E-state index contributed by atoms with van der Waals surface area (Å²) in [5.41, 5.74) is 4.62. The molecule has 0 spiro atoms. The lowest BCUT2D eigenvalue weighted by Gasteiger charge is -2.06. The maximum Gasteiger partial charge on any atom is 0.252 e. The van der Waals surface area contributed by atoms with Crippen LogP contribution in [0.15, 0.2) is 53.3 Å². The van der Waals surface area contributed by atoms with E-state index in [0.717, 1.165) is 16.8 Å². The molecule has 1 N–H and O–H groups in total. The van der Waals surface area contributed by atoms with E-state index in [-0.39, 0.29) is 12.7 Å². The van der Waals surface area contributed by atoms with Gasteiger partial charge < -0.3 is 23.7 Å². The maximum absolute atomic E-state index is 10.6. The number of imidazole rings is 1. The number of aromatic nitrogens is 4. The standard InChI is InChI=1S/C16H21N3O4.C8H8N2/c1-11(2)22-7-6-21-9-15-18-16(19-23-15)13-5-4-12(3)14(8-13)17-10-20;1-7-6-9-8-4-2-3-5-10(7)8/h4-5,8,10-11H,6-7,9H2,1-3H3,(H,17,20);2-6H,1H3. The summed E-state index contributed by atoms with van der Waals surface area (Å²) in [5, 5.41) is 6.58. The molecule has 174 valence electrons. The predicted octanol–water partition coefficient (Wildman–Crippen LogP) is 4.20. The summed E-state index contributed by atoms with van der Waals surface area (Å²) in [4.78, 5) is 19.1. The summed E-state index contributed by atoms with van der Waals surface area (Å²) in [6.45, 7) is 9.12. The molecule has 0 saturated heterocycles. The maximum atomic E-state index is 10.6. The molecule has 0 atom stereocenters. The molecule has 1 aromatic carbocycles. The molecule has 0 aliphatic carbocycles. The number of carbonyl (C=O) groups is 1. The lowest BCUT2D eigenvalue weighted by atomic mass is 10.1. The number of hydrogen-bond donors (Lipinski definition) is 1. The SMILES string of the molecule is Cc1ccc(-c2noc(COCCOC(C)C)n2)cc1NC=O.Cc1cnc2ccccn12. The first-order valence-corrected chi connectivity index (χ1v) is 10.7. The fourth-order valence-electron chi connectivity index (χ4n) is 2.97. The van der Waals surface area contributed by atoms with Gasteiger partial charge in [-0.25, -0.2) is 4.98 Å². The average Bonchev–Trinajstić information content (AvgIpc) is 3.43. The Morgan fingerprint density at radius 1 is 1.18 bits per heavy atom. The highest BCUT2D eigenvalue weighted by Gasteiger charge is 2.10. The molecule has 0 unspecified atom stereocenters. The van der Waals surface area contributed by atoms with Crippen LogP contribution in [0, 0.1) is 13.8 Å². The second-order valence-corrected chi connectivity index (χ2v) is 7.60. The van der Waals surface area contributed by atoms with Crippen LogP contribution in [0.1, 0.15) is 31.0 Å². The fourth-order valence-corrected chi connectivity index (χ4v) is 2.97. The molecule has 0 saturated carbocycles. The molecule has 0 bridgehead atoms. The molecule has 9 nitrogen and oxygen atoms in total. The zero-order valence-electron chi connectivity index (χ0n) is 19.3. The van der Waals surface area contributed by atoms with Crippen LogP contribution in [-0.4, -0.2) is 45.3 Å². The van der Waals surface area contributed by atoms with Gasteiger partial charge >= 0.3 is 0 Å². The first-order chi connectivity index (χ1) is 16.0. The smallest absolute Gasteiger partial charge is 0.252 e. The largest absolute Gasteiger partial charge is 0.376 e. The number of carbonyl (C=O) groups excluding carboxylic acids is 1. The van der Waals surface area contributed by atoms with Gasteiger partial charge in [0.25, 0.3) is 5.89 Å². The van der Waals surface area contributed by atoms with Gasteiger partial charge in [-0.15, -0.1) is 0 Å². The van der Waals surface area contributed by atoms with Crippen molar-refractivity contribution in [3.8, 4) is 11.4 Å². The van der Waals surface area contributed by atoms with Crippen LogP contribution in [0.25, 0.3) is 17.0 Å². The Kier molecular flexibility index (Phi) is 8.68. The Balaban J connectivity index is 0.000000252. The van der Waals surface area contributed by atoms with Gasteiger partial charge in [0.2, 0.25) is 12.2 Å². The number of pyridine rings is 1. The van der Waals surface area contributed by atoms with Gasteiger partial charge in [0, 0.05) is 29.3 Å². The molecule has 0 aliphatic rings. The first kappa shape index (κ1) is 24.1. The molecule has 3 aromatic heterocycles. The molecule has 3 heterocycles. The Morgan fingerprint density at radius 3 is 2.79 bits per heavy atom. The van der Waals surface area contributed by atoms with Crippen molar-refractivity contribution >= 4 is 17.7 Å². The van der Waals surface area contributed by atoms with Crippen LogP contribution < -0.4 is 5.32 Å². The summed E-state index contributed by atoms with van der Waals surface area (Å²) in [6.07, 6.45) is 4.71. The van der Waals surface area contributed by atoms with Crippen molar-refractivity contribution in [3.05, 3.63) is 65.9 Å². The van der Waals surface area contributed by atoms with Gasteiger partial charge in [-0.05, 0) is 51.5 Å². The number of ether oxygens (including phenoxy) is 2. The molecule has 33 heavy (non-hydrogen) atoms. The van der Waals surface area contributed by atoms with Crippen LogP contribution in [0.3, 0.4) is 0 Å². The van der Waals surface area contributed by atoms with E-state index in [0.29, 0.717) is 37.0 Å². The third kappa shape index (κ3) is 6.96. The summed E-state index contributed by atoms with van der Waals surface area (Å²) >= 11 is 0. The van der Waals surface area contributed by atoms with Gasteiger partial charge in [-0.2, -0.15) is 4.98 Å². The van der Waals surface area contributed by atoms with Crippen molar-refractivity contribution in [1.29, 1.82) is 0 Å². The van der Waals surface area contributed by atoms with E-state index in [2.05, 4.69) is 24.8 Å². The van der Waals surface area contributed by atoms with Gasteiger partial charge in [-0.3, -0.25) is 4.79 Å². The van der Waals surface area contributed by atoms with E-state index in [4.69, 9.17) is 14.0 Å². The third-order valence-corrected chi connectivity index (χ3v) is 4.68. The number of fused-ring (bicyclic) bond motifs is 1. The predicted molar refractivity (Wildman–Crippen MR) is 125 cm³/mol. The molecular formula is C24H29N5O4. The van der Waals surface area contributed by atoms with Crippen LogP contribution in [0.4, 0.5) is 5.69 Å². The minimum absolute atomic E-state index is 0.185. The van der Waals surface area contributed by atoms with E-state index < -0.39 is 0 Å². The van der Waals surface area contributed by atoms with Crippen LogP contribution in [0.2, 0.25) is 0 Å². The summed E-state index contributed by atoms with van der Waals surface area (Å²) in [5.74, 6) is 0.853. The molecule has 1 amide bonds. The average molecular weight is 452 g/mol. The van der Waals surface area contributed by atoms with Gasteiger partial charge in [0.05, 0.1) is 19.3 Å². The van der Waals surface area contributed by atoms with Crippen molar-refractivity contribution < 1.29 is 18.8 Å². The lowest BCUT2D eigenvalue weighted by Crippen LogP contribution is -2.09. The number of anilines is 1. The fraction of sp³-hybridized carbons (Fsp3) is 0.333. The minimum Gasteiger partial charge on any atom is -0.376 e. The van der Waals surface area contributed by atoms with Crippen molar-refractivity contribution in [1.82, 2.24) is 19.5 Å². The first-order valence-electron chi connectivity index (χ1n) is 10.7. The molecular weight excluding hydrogens is 422 g/mol. The van der Waals surface area contributed by atoms with Crippen molar-refractivity contribution in [2.75, 3.05) is 18.5 Å². The van der Waals surface area contributed by atoms with E-state index in [9.17, 15) is 4.79 Å². The molecule has 0 aliphatic heterocycles. The second kappa shape index (κ2) is 11.9. The number of nitrogens with zero attached hydrogens (tertiary/aromatic N) is 4. The molecule has 0 fully saturated rings. The summed E-state index contributed by atoms with van der Waals surface area (Å²) < 4.78 is 18.0. The van der Waals surface area contributed by atoms with Crippen molar-refractivity contribution in [2.45, 2.75) is 40.4 Å². The highest BCUT2D eigenvalue weighted by atomic mass is 16.5. The molecule has 4 aromatic rings. The monoisotopic (exact) mass is 451 g/mol. The van der Waals surface area contributed by atoms with Crippen LogP contribution in [0.5, 0.6) is 0 Å². The minimum atomic E-state index is 0.185. The van der Waals surface area contributed by atoms with Gasteiger partial charge in [0.1, 0.15) is 12.3 Å². The number of rotatable bonds is 9. The Morgan fingerprint density at radius 2 is 2.03 bits per heavy atom. The second-order valence-electron chi connectivity index (χ2n) is 7.60. The molecule has 9 heteroatoms. The van der Waals surface area contributed by atoms with E-state index in [1.54, 1.807) is 6.07 Å². The normalized spacial score (nSPS) is 10.8. The van der Waals surface area contributed by atoms with E-state index >= 15 is 0 Å². The topological polar surface area (TPSA) is 104 Å². The Labute approximate surface area is 192 Å². The van der Waals surface area contributed by atoms with Crippen LogP contribution >= 0.6 is 0 Å². The number of nitrogens with one attached hydrogen (secondary N) is 1. The van der Waals surface area contributed by atoms with Crippen molar-refractivity contribution in [3.63, 3.8) is 0 Å². The van der Waals surface area contributed by atoms with E-state index in [1.807, 2.05) is 70.4 Å². The van der Waals surface area contributed by atoms with Crippen molar-refractivity contribution in [2.24, 2.45) is 0 Å². The van der Waals surface area contributed by atoms with Crippen LogP contribution in [-0.2, 0) is 20.9 Å². The highest BCUT2D eigenvalue weighted by molar-refractivity contribution is 5.76. The Bertz CT molecular complexity index is 1170. The highest BCUT2D eigenvalue weighted by Crippen LogP contribution is 2.23. The van der Waals surface area contributed by atoms with E-state index in [1.165, 1.54) is 5.69 Å². The number of benzene rings is 1. The number of aryl methyl sites for hydroxylation is 2.